The number of methoxy groups -OCH3 is 1. The zero-order chi connectivity index (χ0) is 12.2. The van der Waals surface area contributed by atoms with E-state index in [0.29, 0.717) is 0 Å². The fourth-order valence-corrected chi connectivity index (χ4v) is 1.80. The van der Waals surface area contributed by atoms with Gasteiger partial charge in [-0.2, -0.15) is 0 Å². The van der Waals surface area contributed by atoms with Gasteiger partial charge in [0, 0.05) is 18.3 Å². The van der Waals surface area contributed by atoms with E-state index >= 15 is 0 Å². The molecule has 1 heterocycles. The average molecular weight is 219 g/mol. The maximum absolute atomic E-state index is 11.7. The lowest BCUT2D eigenvalue weighted by atomic mass is 9.75. The minimum Gasteiger partial charge on any atom is -0.469 e. The summed E-state index contributed by atoms with van der Waals surface area (Å²) in [4.78, 5) is 15.8. The van der Waals surface area contributed by atoms with Crippen LogP contribution in [-0.4, -0.2) is 18.1 Å². The Labute approximate surface area is 96.2 Å². The summed E-state index contributed by atoms with van der Waals surface area (Å²) in [5.41, 5.74) is 0.326. The lowest BCUT2D eigenvalue weighted by Gasteiger charge is -2.29. The van der Waals surface area contributed by atoms with Gasteiger partial charge in [-0.25, -0.2) is 0 Å². The molecular weight excluding hydrogens is 202 g/mol. The van der Waals surface area contributed by atoms with Gasteiger partial charge in [-0.05, 0) is 25.5 Å². The Kier molecular flexibility index (Phi) is 3.82. The Morgan fingerprint density at radius 3 is 2.75 bits per heavy atom. The minimum absolute atomic E-state index is 0.103. The second-order valence-corrected chi connectivity index (χ2v) is 4.21. The van der Waals surface area contributed by atoms with Crippen LogP contribution in [-0.2, 0) is 9.53 Å². The number of hydrogen-bond acceptors (Lipinski definition) is 3. The molecule has 0 aromatic carbocycles. The van der Waals surface area contributed by atoms with Gasteiger partial charge in [-0.3, -0.25) is 9.78 Å². The minimum atomic E-state index is -0.639. The number of pyridine rings is 1. The Morgan fingerprint density at radius 2 is 2.31 bits per heavy atom. The Balaban J connectivity index is 3.08. The van der Waals surface area contributed by atoms with Crippen LogP contribution >= 0.6 is 0 Å². The monoisotopic (exact) mass is 219 g/mol. The van der Waals surface area contributed by atoms with Gasteiger partial charge in [0.1, 0.15) is 0 Å². The largest absolute Gasteiger partial charge is 0.469 e. The van der Waals surface area contributed by atoms with E-state index in [4.69, 9.17) is 4.74 Å². The first-order valence-electron chi connectivity index (χ1n) is 5.15. The summed E-state index contributed by atoms with van der Waals surface area (Å²) in [7, 11) is 1.40. The third-order valence-electron chi connectivity index (χ3n) is 2.77. The van der Waals surface area contributed by atoms with Crippen molar-refractivity contribution in [1.29, 1.82) is 0 Å². The Bertz CT molecular complexity index is 371. The van der Waals surface area contributed by atoms with Crippen LogP contribution < -0.4 is 0 Å². The van der Waals surface area contributed by atoms with Crippen LogP contribution in [0.2, 0.25) is 0 Å². The highest BCUT2D eigenvalue weighted by Gasteiger charge is 2.37. The van der Waals surface area contributed by atoms with Crippen molar-refractivity contribution in [2.45, 2.75) is 19.8 Å². The first kappa shape index (κ1) is 12.4. The van der Waals surface area contributed by atoms with Crippen molar-refractivity contribution >= 4 is 5.97 Å². The highest BCUT2D eigenvalue weighted by Crippen LogP contribution is 2.36. The number of carbonyl (C=O) groups excluding carboxylic acids is 1. The number of carbonyl (C=O) groups is 1. The van der Waals surface area contributed by atoms with Crippen LogP contribution in [0.5, 0.6) is 0 Å². The maximum Gasteiger partial charge on any atom is 0.312 e. The van der Waals surface area contributed by atoms with E-state index in [1.165, 1.54) is 7.11 Å². The average Bonchev–Trinajstić information content (AvgIpc) is 2.30. The van der Waals surface area contributed by atoms with Crippen LogP contribution in [0.15, 0.2) is 37.2 Å². The molecular formula is C13H17NO2. The third-order valence-corrected chi connectivity index (χ3v) is 2.77. The molecule has 3 heteroatoms. The molecule has 0 amide bonds. The number of aromatic nitrogens is 1. The molecule has 0 aliphatic carbocycles. The van der Waals surface area contributed by atoms with E-state index in [1.807, 2.05) is 26.0 Å². The molecule has 1 aromatic rings. The summed E-state index contributed by atoms with van der Waals surface area (Å²) in [6, 6.07) is 3.78. The van der Waals surface area contributed by atoms with Crippen molar-refractivity contribution in [3.8, 4) is 0 Å². The van der Waals surface area contributed by atoms with E-state index in [1.54, 1.807) is 18.5 Å². The number of hydrogen-bond donors (Lipinski definition) is 0. The van der Waals surface area contributed by atoms with Crippen LogP contribution in [0, 0.1) is 5.41 Å². The molecule has 1 atom stereocenters. The molecule has 3 nitrogen and oxygen atoms in total. The van der Waals surface area contributed by atoms with Gasteiger partial charge < -0.3 is 4.74 Å². The van der Waals surface area contributed by atoms with Crippen LogP contribution in [0.25, 0.3) is 0 Å². The summed E-state index contributed by atoms with van der Waals surface area (Å²) < 4.78 is 4.81. The molecule has 86 valence electrons. The van der Waals surface area contributed by atoms with E-state index in [-0.39, 0.29) is 11.9 Å². The Morgan fingerprint density at radius 1 is 1.62 bits per heavy atom. The molecule has 16 heavy (non-hydrogen) atoms. The molecule has 0 saturated heterocycles. The van der Waals surface area contributed by atoms with Crippen molar-refractivity contribution in [2.24, 2.45) is 5.41 Å². The van der Waals surface area contributed by atoms with Crippen LogP contribution in [0.4, 0.5) is 0 Å². The van der Waals surface area contributed by atoms with Crippen molar-refractivity contribution in [3.05, 3.63) is 42.7 Å². The number of esters is 1. The molecule has 0 fully saturated rings. The highest BCUT2D eigenvalue weighted by molar-refractivity contribution is 5.77. The smallest absolute Gasteiger partial charge is 0.312 e. The van der Waals surface area contributed by atoms with Crippen molar-refractivity contribution < 1.29 is 9.53 Å². The topological polar surface area (TPSA) is 39.2 Å². The molecule has 0 aliphatic heterocycles. The summed E-state index contributed by atoms with van der Waals surface area (Å²) >= 11 is 0. The van der Waals surface area contributed by atoms with Crippen LogP contribution in [0.3, 0.4) is 0 Å². The van der Waals surface area contributed by atoms with Crippen molar-refractivity contribution in [1.82, 2.24) is 4.98 Å². The predicted octanol–water partition coefficient (Wildman–Crippen LogP) is 2.55. The zero-order valence-corrected chi connectivity index (χ0v) is 9.93. The van der Waals surface area contributed by atoms with Gasteiger partial charge in [0.05, 0.1) is 12.5 Å². The van der Waals surface area contributed by atoms with E-state index in [0.717, 1.165) is 5.56 Å². The van der Waals surface area contributed by atoms with Gasteiger partial charge in [0.2, 0.25) is 0 Å². The van der Waals surface area contributed by atoms with Crippen LogP contribution in [0.1, 0.15) is 25.3 Å². The number of rotatable bonds is 4. The van der Waals surface area contributed by atoms with Crippen molar-refractivity contribution in [3.63, 3.8) is 0 Å². The number of ether oxygens (including phenoxy) is 1. The molecule has 0 aliphatic rings. The zero-order valence-electron chi connectivity index (χ0n) is 9.93. The maximum atomic E-state index is 11.7. The molecule has 0 N–H and O–H groups in total. The lowest BCUT2D eigenvalue weighted by molar-refractivity contribution is -0.151. The summed E-state index contributed by atoms with van der Waals surface area (Å²) in [6.45, 7) is 7.48. The first-order chi connectivity index (χ1) is 7.54. The summed E-state index contributed by atoms with van der Waals surface area (Å²) in [5.74, 6) is -0.352. The second-order valence-electron chi connectivity index (χ2n) is 4.21. The molecule has 0 unspecified atom stereocenters. The van der Waals surface area contributed by atoms with E-state index < -0.39 is 5.41 Å². The van der Waals surface area contributed by atoms with E-state index in [9.17, 15) is 4.79 Å². The number of nitrogens with zero attached hydrogens (tertiary/aromatic N) is 1. The number of allylic oxidation sites excluding steroid dienone is 1. The van der Waals surface area contributed by atoms with Gasteiger partial charge in [-0.1, -0.05) is 12.1 Å². The normalized spacial score (nSPS) is 12.9. The van der Waals surface area contributed by atoms with Gasteiger partial charge in [0.25, 0.3) is 0 Å². The quantitative estimate of drug-likeness (QED) is 0.577. The molecule has 0 saturated carbocycles. The molecule has 0 radical (unpaired) electrons. The summed E-state index contributed by atoms with van der Waals surface area (Å²) in [5, 5.41) is 0. The van der Waals surface area contributed by atoms with E-state index in [2.05, 4.69) is 11.6 Å². The highest BCUT2D eigenvalue weighted by atomic mass is 16.5. The molecule has 1 rings (SSSR count). The van der Waals surface area contributed by atoms with Gasteiger partial charge >= 0.3 is 5.97 Å². The SMILES string of the molecule is C=C[C@H](c1cccnc1)C(C)(C)C(=O)OC. The Hall–Kier alpha value is -1.64. The molecule has 0 spiro atoms. The lowest BCUT2D eigenvalue weighted by Crippen LogP contribution is -2.31. The standard InChI is InChI=1S/C13H17NO2/c1-5-11(10-7-6-8-14-9-10)13(2,3)12(15)16-4/h5-9,11H,1H2,2-4H3/t11-/m1/s1. The third kappa shape index (κ3) is 2.30. The molecule has 1 aromatic heterocycles. The van der Waals surface area contributed by atoms with Gasteiger partial charge in [0.15, 0.2) is 0 Å². The fraction of sp³-hybridized carbons (Fsp3) is 0.385. The van der Waals surface area contributed by atoms with Crippen molar-refractivity contribution in [2.75, 3.05) is 7.11 Å². The first-order valence-corrected chi connectivity index (χ1v) is 5.15. The van der Waals surface area contributed by atoms with Gasteiger partial charge in [-0.15, -0.1) is 6.58 Å². The second kappa shape index (κ2) is 4.92. The predicted molar refractivity (Wildman–Crippen MR) is 63.0 cm³/mol. The fourth-order valence-electron chi connectivity index (χ4n) is 1.80. The summed E-state index contributed by atoms with van der Waals surface area (Å²) in [6.07, 6.45) is 5.21. The molecule has 0 bridgehead atoms.